The zero-order valence-corrected chi connectivity index (χ0v) is 11.7. The number of carbonyl (C=O) groups excluding carboxylic acids is 1. The van der Waals surface area contributed by atoms with E-state index in [2.05, 4.69) is 15.3 Å². The van der Waals surface area contributed by atoms with Crippen LogP contribution in [0.3, 0.4) is 0 Å². The lowest BCUT2D eigenvalue weighted by Gasteiger charge is -2.10. The summed E-state index contributed by atoms with van der Waals surface area (Å²) in [7, 11) is 4.02. The Balaban J connectivity index is 2.61. The topological polar surface area (TPSA) is 76.2 Å². The molecule has 0 fully saturated rings. The molecule has 0 saturated heterocycles. The molecule has 0 saturated carbocycles. The number of carbonyl (C=O) groups is 1. The summed E-state index contributed by atoms with van der Waals surface area (Å²) in [5.74, 6) is -0.145. The number of nitrogens with two attached hydrogens (primary N) is 1. The first kappa shape index (κ1) is 14.5. The molecule has 1 aromatic rings. The number of nitrogen functional groups attached to an aromatic ring is 1. The van der Waals surface area contributed by atoms with E-state index in [0.29, 0.717) is 30.2 Å². The van der Waals surface area contributed by atoms with Gasteiger partial charge in [0.25, 0.3) is 5.91 Å². The predicted molar refractivity (Wildman–Crippen MR) is 72.6 cm³/mol. The maximum Gasteiger partial charge on any atom is 0.271 e. The number of anilines is 1. The highest BCUT2D eigenvalue weighted by atomic mass is 16.2. The maximum atomic E-state index is 12.0. The first-order valence-electron chi connectivity index (χ1n) is 6.23. The third kappa shape index (κ3) is 3.46. The van der Waals surface area contributed by atoms with Crippen molar-refractivity contribution < 1.29 is 4.79 Å². The third-order valence-electron chi connectivity index (χ3n) is 2.76. The number of aryl methyl sites for hydroxylation is 2. The summed E-state index contributed by atoms with van der Waals surface area (Å²) < 4.78 is 1.64. The lowest BCUT2D eigenvalue weighted by atomic mass is 10.3. The molecule has 1 rings (SSSR count). The van der Waals surface area contributed by atoms with Crippen LogP contribution in [-0.2, 0) is 6.54 Å². The van der Waals surface area contributed by atoms with Crippen molar-refractivity contribution in [2.75, 3.05) is 32.9 Å². The van der Waals surface area contributed by atoms with Crippen molar-refractivity contribution in [1.82, 2.24) is 20.0 Å². The van der Waals surface area contributed by atoms with E-state index in [1.54, 1.807) is 4.68 Å². The molecule has 0 unspecified atom stereocenters. The number of amides is 1. The molecule has 6 heteroatoms. The van der Waals surface area contributed by atoms with Gasteiger partial charge < -0.3 is 16.0 Å². The predicted octanol–water partition coefficient (Wildman–Crippen LogP) is 0.475. The molecule has 1 heterocycles. The number of hydrogen-bond donors (Lipinski definition) is 2. The molecular weight excluding hydrogens is 230 g/mol. The van der Waals surface area contributed by atoms with Gasteiger partial charge in [-0.05, 0) is 40.9 Å². The van der Waals surface area contributed by atoms with Gasteiger partial charge in [0.05, 0.1) is 11.4 Å². The minimum atomic E-state index is -0.145. The second kappa shape index (κ2) is 6.39. The Hall–Kier alpha value is -1.56. The molecule has 0 aromatic carbocycles. The molecule has 0 radical (unpaired) electrons. The van der Waals surface area contributed by atoms with Crippen molar-refractivity contribution in [2.45, 2.75) is 26.8 Å². The van der Waals surface area contributed by atoms with Gasteiger partial charge in [-0.3, -0.25) is 9.48 Å². The average Bonchev–Trinajstić information content (AvgIpc) is 2.60. The fraction of sp³-hybridized carbons (Fsp3) is 0.667. The summed E-state index contributed by atoms with van der Waals surface area (Å²) in [6, 6.07) is 0. The standard InChI is InChI=1S/C12H23N5O/c1-5-17-11(10(13)9(2)15-17)12(18)14-7-6-8-16(3)4/h5-8,13H2,1-4H3,(H,14,18). The van der Waals surface area contributed by atoms with Gasteiger partial charge in [0.1, 0.15) is 5.69 Å². The van der Waals surface area contributed by atoms with E-state index in [1.165, 1.54) is 0 Å². The van der Waals surface area contributed by atoms with Crippen LogP contribution in [0.1, 0.15) is 29.5 Å². The summed E-state index contributed by atoms with van der Waals surface area (Å²) >= 11 is 0. The Labute approximate surface area is 108 Å². The van der Waals surface area contributed by atoms with Crippen molar-refractivity contribution >= 4 is 11.6 Å². The van der Waals surface area contributed by atoms with Crippen molar-refractivity contribution in [3.8, 4) is 0 Å². The van der Waals surface area contributed by atoms with Crippen LogP contribution in [0.25, 0.3) is 0 Å². The maximum absolute atomic E-state index is 12.0. The molecule has 0 spiro atoms. The Morgan fingerprint density at radius 1 is 1.50 bits per heavy atom. The lowest BCUT2D eigenvalue weighted by Crippen LogP contribution is -2.29. The molecule has 1 amide bonds. The smallest absolute Gasteiger partial charge is 0.271 e. The highest BCUT2D eigenvalue weighted by Crippen LogP contribution is 2.15. The molecule has 0 aliphatic carbocycles. The van der Waals surface area contributed by atoms with Gasteiger partial charge in [-0.2, -0.15) is 5.10 Å². The number of aromatic nitrogens is 2. The number of nitrogens with zero attached hydrogens (tertiary/aromatic N) is 3. The zero-order valence-electron chi connectivity index (χ0n) is 11.7. The average molecular weight is 253 g/mol. The van der Waals surface area contributed by atoms with Gasteiger partial charge in [-0.1, -0.05) is 0 Å². The van der Waals surface area contributed by atoms with E-state index >= 15 is 0 Å². The second-order valence-electron chi connectivity index (χ2n) is 4.58. The van der Waals surface area contributed by atoms with Gasteiger partial charge in [0, 0.05) is 13.1 Å². The minimum absolute atomic E-state index is 0.145. The number of rotatable bonds is 6. The van der Waals surface area contributed by atoms with Crippen molar-refractivity contribution in [3.63, 3.8) is 0 Å². The summed E-state index contributed by atoms with van der Waals surface area (Å²) in [5, 5.41) is 7.11. The summed E-state index contributed by atoms with van der Waals surface area (Å²) in [5.41, 5.74) is 7.53. The molecular formula is C12H23N5O. The lowest BCUT2D eigenvalue weighted by molar-refractivity contribution is 0.0942. The summed E-state index contributed by atoms with van der Waals surface area (Å²) in [6.45, 7) is 5.98. The minimum Gasteiger partial charge on any atom is -0.395 e. The van der Waals surface area contributed by atoms with Gasteiger partial charge in [0.2, 0.25) is 0 Å². The van der Waals surface area contributed by atoms with E-state index in [-0.39, 0.29) is 5.91 Å². The highest BCUT2D eigenvalue weighted by Gasteiger charge is 2.18. The van der Waals surface area contributed by atoms with Crippen molar-refractivity contribution in [3.05, 3.63) is 11.4 Å². The highest BCUT2D eigenvalue weighted by molar-refractivity contribution is 5.97. The monoisotopic (exact) mass is 253 g/mol. The van der Waals surface area contributed by atoms with Crippen LogP contribution in [0.5, 0.6) is 0 Å². The van der Waals surface area contributed by atoms with Crippen LogP contribution >= 0.6 is 0 Å². The summed E-state index contributed by atoms with van der Waals surface area (Å²) in [4.78, 5) is 14.1. The van der Waals surface area contributed by atoms with E-state index in [4.69, 9.17) is 5.73 Å². The molecule has 3 N–H and O–H groups in total. The van der Waals surface area contributed by atoms with Crippen LogP contribution in [0.2, 0.25) is 0 Å². The van der Waals surface area contributed by atoms with Gasteiger partial charge in [-0.25, -0.2) is 0 Å². The van der Waals surface area contributed by atoms with E-state index in [1.807, 2.05) is 27.9 Å². The second-order valence-corrected chi connectivity index (χ2v) is 4.58. The zero-order chi connectivity index (χ0) is 13.7. The van der Waals surface area contributed by atoms with Crippen LogP contribution in [0, 0.1) is 6.92 Å². The Kier molecular flexibility index (Phi) is 5.15. The molecule has 1 aromatic heterocycles. The molecule has 102 valence electrons. The van der Waals surface area contributed by atoms with E-state index < -0.39 is 0 Å². The number of hydrogen-bond acceptors (Lipinski definition) is 4. The molecule has 6 nitrogen and oxygen atoms in total. The van der Waals surface area contributed by atoms with Crippen LogP contribution in [0.4, 0.5) is 5.69 Å². The first-order chi connectivity index (χ1) is 8.47. The Morgan fingerprint density at radius 3 is 2.72 bits per heavy atom. The van der Waals surface area contributed by atoms with Crippen LogP contribution in [-0.4, -0.2) is 47.8 Å². The molecule has 0 aliphatic heterocycles. The normalized spacial score (nSPS) is 10.9. The first-order valence-corrected chi connectivity index (χ1v) is 6.23. The van der Waals surface area contributed by atoms with Gasteiger partial charge in [-0.15, -0.1) is 0 Å². The molecule has 0 aliphatic rings. The fourth-order valence-electron chi connectivity index (χ4n) is 1.74. The fourth-order valence-corrected chi connectivity index (χ4v) is 1.74. The SMILES string of the molecule is CCn1nc(C)c(N)c1C(=O)NCCCN(C)C. The van der Waals surface area contributed by atoms with Crippen LogP contribution < -0.4 is 11.1 Å². The van der Waals surface area contributed by atoms with Crippen molar-refractivity contribution in [2.24, 2.45) is 0 Å². The number of nitrogens with one attached hydrogen (secondary N) is 1. The quantitative estimate of drug-likeness (QED) is 0.723. The molecule has 18 heavy (non-hydrogen) atoms. The summed E-state index contributed by atoms with van der Waals surface area (Å²) in [6.07, 6.45) is 0.915. The Bertz CT molecular complexity index is 411. The van der Waals surface area contributed by atoms with E-state index in [9.17, 15) is 4.79 Å². The largest absolute Gasteiger partial charge is 0.395 e. The van der Waals surface area contributed by atoms with E-state index in [0.717, 1.165) is 13.0 Å². The van der Waals surface area contributed by atoms with Gasteiger partial charge in [0.15, 0.2) is 0 Å². The third-order valence-corrected chi connectivity index (χ3v) is 2.76. The van der Waals surface area contributed by atoms with Gasteiger partial charge >= 0.3 is 0 Å². The Morgan fingerprint density at radius 2 is 2.17 bits per heavy atom. The van der Waals surface area contributed by atoms with Crippen molar-refractivity contribution in [1.29, 1.82) is 0 Å². The molecule has 0 bridgehead atoms. The molecule has 0 atom stereocenters. The van der Waals surface area contributed by atoms with Crippen LogP contribution in [0.15, 0.2) is 0 Å².